The number of nitrogens with zero attached hydrogens (tertiary/aromatic N) is 2. The average molecular weight is 331 g/mol. The standard InChI is InChI=1S/C20H17N3O2/c1-25-15-8-6-7-14(13-15)23-19(18-11-4-5-12-21-18)22-17-10-3-2-9-16(17)20(23)24/h2-13,19,22H,1H3/t19-/m1/s1. The fourth-order valence-electron chi connectivity index (χ4n) is 3.02. The monoisotopic (exact) mass is 331 g/mol. The Labute approximate surface area is 145 Å². The van der Waals surface area contributed by atoms with Crippen molar-refractivity contribution in [2.75, 3.05) is 17.3 Å². The first-order chi connectivity index (χ1) is 12.3. The quantitative estimate of drug-likeness (QED) is 0.792. The Hall–Kier alpha value is -3.34. The third-order valence-corrected chi connectivity index (χ3v) is 4.23. The second-order valence-corrected chi connectivity index (χ2v) is 5.72. The zero-order chi connectivity index (χ0) is 17.2. The van der Waals surface area contributed by atoms with Crippen LogP contribution in [-0.2, 0) is 0 Å². The molecule has 1 atom stereocenters. The second kappa shape index (κ2) is 6.28. The lowest BCUT2D eigenvalue weighted by atomic mass is 10.0. The summed E-state index contributed by atoms with van der Waals surface area (Å²) in [7, 11) is 1.61. The smallest absolute Gasteiger partial charge is 0.262 e. The van der Waals surface area contributed by atoms with E-state index in [9.17, 15) is 4.79 Å². The van der Waals surface area contributed by atoms with Crippen molar-refractivity contribution in [1.29, 1.82) is 0 Å². The minimum atomic E-state index is -0.393. The van der Waals surface area contributed by atoms with Crippen molar-refractivity contribution in [3.05, 3.63) is 84.2 Å². The Bertz CT molecular complexity index is 912. The van der Waals surface area contributed by atoms with E-state index in [2.05, 4.69) is 10.3 Å². The minimum Gasteiger partial charge on any atom is -0.497 e. The molecule has 1 aliphatic rings. The number of aromatic nitrogens is 1. The molecule has 2 aromatic carbocycles. The third-order valence-electron chi connectivity index (χ3n) is 4.23. The van der Waals surface area contributed by atoms with Crippen molar-refractivity contribution < 1.29 is 9.53 Å². The first-order valence-corrected chi connectivity index (χ1v) is 8.02. The van der Waals surface area contributed by atoms with Crippen LogP contribution >= 0.6 is 0 Å². The average Bonchev–Trinajstić information content (AvgIpc) is 2.68. The first kappa shape index (κ1) is 15.2. The van der Waals surface area contributed by atoms with Crippen LogP contribution in [0.3, 0.4) is 0 Å². The Kier molecular flexibility index (Phi) is 3.82. The van der Waals surface area contributed by atoms with Crippen molar-refractivity contribution in [2.24, 2.45) is 0 Å². The molecule has 0 spiro atoms. The van der Waals surface area contributed by atoms with Crippen LogP contribution in [0.25, 0.3) is 0 Å². The second-order valence-electron chi connectivity index (χ2n) is 5.72. The Balaban J connectivity index is 1.86. The molecule has 0 aliphatic carbocycles. The molecule has 0 fully saturated rings. The number of nitrogens with one attached hydrogen (secondary N) is 1. The lowest BCUT2D eigenvalue weighted by Gasteiger charge is -2.37. The summed E-state index contributed by atoms with van der Waals surface area (Å²) in [6.07, 6.45) is 1.34. The van der Waals surface area contributed by atoms with Crippen molar-refractivity contribution in [2.45, 2.75) is 6.17 Å². The predicted molar refractivity (Wildman–Crippen MR) is 96.8 cm³/mol. The van der Waals surface area contributed by atoms with Crippen LogP contribution in [0.5, 0.6) is 5.75 Å². The topological polar surface area (TPSA) is 54.5 Å². The number of methoxy groups -OCH3 is 1. The molecular formula is C20H17N3O2. The summed E-state index contributed by atoms with van der Waals surface area (Å²) in [5.74, 6) is 0.627. The molecule has 1 aliphatic heterocycles. The van der Waals surface area contributed by atoms with Gasteiger partial charge in [0.2, 0.25) is 0 Å². The highest BCUT2D eigenvalue weighted by molar-refractivity contribution is 6.12. The molecule has 1 aromatic heterocycles. The number of pyridine rings is 1. The van der Waals surface area contributed by atoms with Crippen LogP contribution in [0.2, 0.25) is 0 Å². The maximum absolute atomic E-state index is 13.2. The number of fused-ring (bicyclic) bond motifs is 1. The summed E-state index contributed by atoms with van der Waals surface area (Å²) in [4.78, 5) is 19.4. The van der Waals surface area contributed by atoms with E-state index in [1.54, 1.807) is 18.2 Å². The molecule has 25 heavy (non-hydrogen) atoms. The molecule has 124 valence electrons. The highest BCUT2D eigenvalue weighted by Crippen LogP contribution is 2.36. The number of carbonyl (C=O) groups excluding carboxylic acids is 1. The number of hydrogen-bond donors (Lipinski definition) is 1. The number of amides is 1. The number of ether oxygens (including phenoxy) is 1. The summed E-state index contributed by atoms with van der Waals surface area (Å²) >= 11 is 0. The number of rotatable bonds is 3. The van der Waals surface area contributed by atoms with E-state index in [0.717, 1.165) is 17.1 Å². The number of hydrogen-bond acceptors (Lipinski definition) is 4. The van der Waals surface area contributed by atoms with Gasteiger partial charge in [-0.2, -0.15) is 0 Å². The molecule has 1 amide bonds. The number of carbonyl (C=O) groups is 1. The molecule has 0 saturated heterocycles. The number of para-hydroxylation sites is 1. The summed E-state index contributed by atoms with van der Waals surface area (Å²) in [5.41, 5.74) is 2.97. The molecule has 0 unspecified atom stereocenters. The molecule has 2 heterocycles. The van der Waals surface area contributed by atoms with Crippen LogP contribution in [-0.4, -0.2) is 18.0 Å². The SMILES string of the molecule is COc1cccc(N2C(=O)c3ccccc3N[C@H]2c2ccccn2)c1. The molecule has 0 bridgehead atoms. The van der Waals surface area contributed by atoms with Crippen LogP contribution in [0, 0.1) is 0 Å². The van der Waals surface area contributed by atoms with Gasteiger partial charge in [0.15, 0.2) is 6.17 Å². The van der Waals surface area contributed by atoms with Gasteiger partial charge in [-0.1, -0.05) is 24.3 Å². The van der Waals surface area contributed by atoms with E-state index < -0.39 is 6.17 Å². The van der Waals surface area contributed by atoms with E-state index in [1.165, 1.54) is 0 Å². The van der Waals surface area contributed by atoms with Crippen molar-refractivity contribution in [3.63, 3.8) is 0 Å². The van der Waals surface area contributed by atoms with Gasteiger partial charge in [0.1, 0.15) is 5.75 Å². The van der Waals surface area contributed by atoms with Gasteiger partial charge in [-0.05, 0) is 36.4 Å². The lowest BCUT2D eigenvalue weighted by Crippen LogP contribution is -2.43. The predicted octanol–water partition coefficient (Wildman–Crippen LogP) is 3.86. The summed E-state index contributed by atoms with van der Waals surface area (Å²) < 4.78 is 5.32. The van der Waals surface area contributed by atoms with Crippen LogP contribution in [0.4, 0.5) is 11.4 Å². The highest BCUT2D eigenvalue weighted by Gasteiger charge is 2.34. The Morgan fingerprint density at radius 1 is 1.04 bits per heavy atom. The normalized spacial score (nSPS) is 16.1. The molecule has 1 N–H and O–H groups in total. The fraction of sp³-hybridized carbons (Fsp3) is 0.100. The van der Waals surface area contributed by atoms with Gasteiger partial charge in [0, 0.05) is 18.0 Å². The van der Waals surface area contributed by atoms with Gasteiger partial charge in [-0.3, -0.25) is 14.7 Å². The van der Waals surface area contributed by atoms with Crippen molar-refractivity contribution >= 4 is 17.3 Å². The largest absolute Gasteiger partial charge is 0.497 e. The van der Waals surface area contributed by atoms with E-state index in [1.807, 2.05) is 66.7 Å². The van der Waals surface area contributed by atoms with E-state index in [4.69, 9.17) is 4.74 Å². The number of anilines is 2. The van der Waals surface area contributed by atoms with Gasteiger partial charge in [0.25, 0.3) is 5.91 Å². The molecule has 3 aromatic rings. The van der Waals surface area contributed by atoms with E-state index in [-0.39, 0.29) is 5.91 Å². The van der Waals surface area contributed by atoms with Gasteiger partial charge in [0.05, 0.1) is 24.1 Å². The third kappa shape index (κ3) is 2.70. The van der Waals surface area contributed by atoms with Crippen LogP contribution in [0.15, 0.2) is 72.9 Å². The van der Waals surface area contributed by atoms with Crippen molar-refractivity contribution in [3.8, 4) is 5.75 Å². The van der Waals surface area contributed by atoms with Crippen molar-refractivity contribution in [1.82, 2.24) is 4.98 Å². The van der Waals surface area contributed by atoms with Crippen LogP contribution in [0.1, 0.15) is 22.2 Å². The fourth-order valence-corrected chi connectivity index (χ4v) is 3.02. The molecule has 0 saturated carbocycles. The molecule has 5 nitrogen and oxygen atoms in total. The van der Waals surface area contributed by atoms with Gasteiger partial charge >= 0.3 is 0 Å². The van der Waals surface area contributed by atoms with Gasteiger partial charge in [-0.25, -0.2) is 0 Å². The minimum absolute atomic E-state index is 0.0711. The first-order valence-electron chi connectivity index (χ1n) is 8.02. The maximum atomic E-state index is 13.2. The summed E-state index contributed by atoms with van der Waals surface area (Å²) in [6.45, 7) is 0. The van der Waals surface area contributed by atoms with E-state index >= 15 is 0 Å². The Morgan fingerprint density at radius 3 is 2.68 bits per heavy atom. The Morgan fingerprint density at radius 2 is 1.88 bits per heavy atom. The number of benzene rings is 2. The summed E-state index contributed by atoms with van der Waals surface area (Å²) in [6, 6.07) is 20.7. The van der Waals surface area contributed by atoms with E-state index in [0.29, 0.717) is 11.3 Å². The molecule has 5 heteroatoms. The van der Waals surface area contributed by atoms with Crippen LogP contribution < -0.4 is 15.0 Å². The highest BCUT2D eigenvalue weighted by atomic mass is 16.5. The zero-order valence-corrected chi connectivity index (χ0v) is 13.7. The molecule has 4 rings (SSSR count). The lowest BCUT2D eigenvalue weighted by molar-refractivity contribution is 0.0974. The van der Waals surface area contributed by atoms with Gasteiger partial charge < -0.3 is 10.1 Å². The maximum Gasteiger partial charge on any atom is 0.262 e. The summed E-state index contributed by atoms with van der Waals surface area (Å²) in [5, 5.41) is 3.43. The van der Waals surface area contributed by atoms with Gasteiger partial charge in [-0.15, -0.1) is 0 Å². The zero-order valence-electron chi connectivity index (χ0n) is 13.7. The molecular weight excluding hydrogens is 314 g/mol. The molecule has 0 radical (unpaired) electrons.